The van der Waals surface area contributed by atoms with Crippen LogP contribution in [0.2, 0.25) is 0 Å². The molecule has 0 bridgehead atoms. The second-order valence-corrected chi connectivity index (χ2v) is 8.74. The maximum Gasteiger partial charge on any atom is 0.311 e. The summed E-state index contributed by atoms with van der Waals surface area (Å²) in [4.78, 5) is 14.3. The number of methoxy groups -OCH3 is 1. The molecule has 0 spiro atoms. The van der Waals surface area contributed by atoms with E-state index >= 15 is 0 Å². The van der Waals surface area contributed by atoms with Gasteiger partial charge in [0.25, 0.3) is 0 Å². The number of ether oxygens (including phenoxy) is 1. The Bertz CT molecular complexity index is 665. The largest absolute Gasteiger partial charge is 0.383 e. The van der Waals surface area contributed by atoms with Crippen LogP contribution < -0.4 is 4.18 Å². The maximum atomic E-state index is 12.5. The highest BCUT2D eigenvalue weighted by Gasteiger charge is 2.29. The van der Waals surface area contributed by atoms with Crippen LogP contribution in [0.1, 0.15) is 38.7 Å². The van der Waals surface area contributed by atoms with E-state index in [-0.39, 0.29) is 17.6 Å². The molecule has 1 amide bonds. The summed E-state index contributed by atoms with van der Waals surface area (Å²) in [5.74, 6) is 0.591. The Hall–Kier alpha value is -1.60. The standard InChI is InChI=1S/C18H27NO5S/c1-14(2)25(21,22)24-17-9-7-15(8-10-17)13-19(11-12-23-3)18(20)16-5-4-6-16/h7-10,14,16H,4-6,11-13H2,1-3H3. The summed E-state index contributed by atoms with van der Waals surface area (Å²) in [6.45, 7) is 4.67. The fraction of sp³-hybridized carbons (Fsp3) is 0.611. The summed E-state index contributed by atoms with van der Waals surface area (Å²) < 4.78 is 33.8. The Morgan fingerprint density at radius 2 is 1.88 bits per heavy atom. The van der Waals surface area contributed by atoms with Gasteiger partial charge in [0, 0.05) is 26.1 Å². The van der Waals surface area contributed by atoms with Crippen LogP contribution in [0.4, 0.5) is 0 Å². The highest BCUT2D eigenvalue weighted by atomic mass is 32.2. The Labute approximate surface area is 150 Å². The summed E-state index contributed by atoms with van der Waals surface area (Å²) in [6, 6.07) is 6.83. The molecule has 25 heavy (non-hydrogen) atoms. The molecule has 0 radical (unpaired) electrons. The quantitative estimate of drug-likeness (QED) is 0.626. The first kappa shape index (κ1) is 19.7. The van der Waals surface area contributed by atoms with Gasteiger partial charge < -0.3 is 13.8 Å². The summed E-state index contributed by atoms with van der Waals surface area (Å²) in [7, 11) is -1.98. The van der Waals surface area contributed by atoms with Crippen LogP contribution in [0.5, 0.6) is 5.75 Å². The lowest BCUT2D eigenvalue weighted by Gasteiger charge is -2.31. The molecule has 0 unspecified atom stereocenters. The fourth-order valence-corrected chi connectivity index (χ4v) is 3.06. The van der Waals surface area contributed by atoms with E-state index in [1.165, 1.54) is 0 Å². The Morgan fingerprint density at radius 3 is 2.36 bits per heavy atom. The molecule has 1 fully saturated rings. The smallest absolute Gasteiger partial charge is 0.311 e. The topological polar surface area (TPSA) is 72.9 Å². The van der Waals surface area contributed by atoms with Crippen LogP contribution in [-0.4, -0.2) is 44.7 Å². The fourth-order valence-electron chi connectivity index (χ4n) is 2.48. The first-order chi connectivity index (χ1) is 11.8. The van der Waals surface area contributed by atoms with E-state index in [4.69, 9.17) is 8.92 Å². The highest BCUT2D eigenvalue weighted by molar-refractivity contribution is 7.87. The number of hydrogen-bond donors (Lipinski definition) is 0. The first-order valence-electron chi connectivity index (χ1n) is 8.63. The van der Waals surface area contributed by atoms with Gasteiger partial charge in [-0.1, -0.05) is 18.6 Å². The van der Waals surface area contributed by atoms with Gasteiger partial charge in [-0.25, -0.2) is 0 Å². The van der Waals surface area contributed by atoms with Gasteiger partial charge in [-0.15, -0.1) is 0 Å². The van der Waals surface area contributed by atoms with Crippen molar-refractivity contribution < 1.29 is 22.1 Å². The van der Waals surface area contributed by atoms with Gasteiger partial charge in [-0.05, 0) is 44.4 Å². The van der Waals surface area contributed by atoms with Crippen molar-refractivity contribution in [3.63, 3.8) is 0 Å². The second-order valence-electron chi connectivity index (χ2n) is 6.65. The number of amides is 1. The zero-order chi connectivity index (χ0) is 18.4. The van der Waals surface area contributed by atoms with Crippen molar-refractivity contribution in [2.45, 2.75) is 44.9 Å². The van der Waals surface area contributed by atoms with Crippen molar-refractivity contribution in [1.29, 1.82) is 0 Å². The lowest BCUT2D eigenvalue weighted by molar-refractivity contribution is -0.139. The minimum absolute atomic E-state index is 0.135. The van der Waals surface area contributed by atoms with Gasteiger partial charge in [-0.3, -0.25) is 4.79 Å². The van der Waals surface area contributed by atoms with E-state index in [2.05, 4.69) is 0 Å². The number of carbonyl (C=O) groups excluding carboxylic acids is 1. The minimum atomic E-state index is -3.60. The van der Waals surface area contributed by atoms with E-state index in [9.17, 15) is 13.2 Å². The van der Waals surface area contributed by atoms with Gasteiger partial charge in [0.2, 0.25) is 5.91 Å². The predicted molar refractivity (Wildman–Crippen MR) is 95.8 cm³/mol. The molecule has 0 saturated heterocycles. The summed E-state index contributed by atoms with van der Waals surface area (Å²) in [5.41, 5.74) is 0.929. The maximum absolute atomic E-state index is 12.5. The van der Waals surface area contributed by atoms with Crippen LogP contribution in [0, 0.1) is 5.92 Å². The third-order valence-corrected chi connectivity index (χ3v) is 6.00. The van der Waals surface area contributed by atoms with Crippen molar-refractivity contribution in [2.24, 2.45) is 5.92 Å². The van der Waals surface area contributed by atoms with Crippen LogP contribution in [0.15, 0.2) is 24.3 Å². The SMILES string of the molecule is COCCN(Cc1ccc(OS(=O)(=O)C(C)C)cc1)C(=O)C1CCC1. The number of benzene rings is 1. The lowest BCUT2D eigenvalue weighted by atomic mass is 9.84. The molecule has 0 aliphatic heterocycles. The van der Waals surface area contributed by atoms with Gasteiger partial charge >= 0.3 is 10.1 Å². The molecule has 0 atom stereocenters. The summed E-state index contributed by atoms with van der Waals surface area (Å²) in [6.07, 6.45) is 3.04. The van der Waals surface area contributed by atoms with Crippen LogP contribution in [0.3, 0.4) is 0 Å². The third kappa shape index (κ3) is 5.44. The van der Waals surface area contributed by atoms with Crippen LogP contribution in [0.25, 0.3) is 0 Å². The zero-order valence-electron chi connectivity index (χ0n) is 15.1. The molecule has 7 heteroatoms. The van der Waals surface area contributed by atoms with E-state index in [0.717, 1.165) is 24.8 Å². The van der Waals surface area contributed by atoms with E-state index in [1.807, 2.05) is 4.90 Å². The van der Waals surface area contributed by atoms with E-state index in [1.54, 1.807) is 45.2 Å². The van der Waals surface area contributed by atoms with Gasteiger partial charge in [-0.2, -0.15) is 8.42 Å². The van der Waals surface area contributed by atoms with Crippen LogP contribution >= 0.6 is 0 Å². The number of carbonyl (C=O) groups is 1. The number of nitrogens with zero attached hydrogens (tertiary/aromatic N) is 1. The molecule has 0 heterocycles. The summed E-state index contributed by atoms with van der Waals surface area (Å²) >= 11 is 0. The molecule has 1 saturated carbocycles. The van der Waals surface area contributed by atoms with Crippen molar-refractivity contribution in [1.82, 2.24) is 4.90 Å². The van der Waals surface area contributed by atoms with E-state index < -0.39 is 15.4 Å². The molecule has 6 nitrogen and oxygen atoms in total. The Balaban J connectivity index is 2.02. The Kier molecular flexibility index (Phi) is 6.84. The van der Waals surface area contributed by atoms with E-state index in [0.29, 0.717) is 19.7 Å². The lowest BCUT2D eigenvalue weighted by Crippen LogP contribution is -2.40. The number of rotatable bonds is 9. The Morgan fingerprint density at radius 1 is 1.24 bits per heavy atom. The molecule has 2 rings (SSSR count). The average molecular weight is 369 g/mol. The molecule has 140 valence electrons. The molecule has 1 aromatic rings. The predicted octanol–water partition coefficient (Wildman–Crippen LogP) is 2.58. The molecule has 1 aromatic carbocycles. The highest BCUT2D eigenvalue weighted by Crippen LogP contribution is 2.29. The number of hydrogen-bond acceptors (Lipinski definition) is 5. The average Bonchev–Trinajstić information content (AvgIpc) is 2.50. The normalized spacial score (nSPS) is 15.0. The zero-order valence-corrected chi connectivity index (χ0v) is 15.9. The van der Waals surface area contributed by atoms with Crippen molar-refractivity contribution in [3.05, 3.63) is 29.8 Å². The van der Waals surface area contributed by atoms with Crippen molar-refractivity contribution >= 4 is 16.0 Å². The monoisotopic (exact) mass is 369 g/mol. The molecule has 1 aliphatic carbocycles. The van der Waals surface area contributed by atoms with Gasteiger partial charge in [0.05, 0.1) is 11.9 Å². The molecule has 1 aliphatic rings. The minimum Gasteiger partial charge on any atom is -0.383 e. The van der Waals surface area contributed by atoms with Crippen LogP contribution in [-0.2, 0) is 26.2 Å². The van der Waals surface area contributed by atoms with Gasteiger partial charge in [0.1, 0.15) is 5.75 Å². The first-order valence-corrected chi connectivity index (χ1v) is 10.1. The molecular weight excluding hydrogens is 342 g/mol. The summed E-state index contributed by atoms with van der Waals surface area (Å²) in [5, 5.41) is -0.600. The molecular formula is C18H27NO5S. The van der Waals surface area contributed by atoms with Crippen molar-refractivity contribution in [2.75, 3.05) is 20.3 Å². The molecule has 0 N–H and O–H groups in total. The van der Waals surface area contributed by atoms with Crippen molar-refractivity contribution in [3.8, 4) is 5.75 Å². The van der Waals surface area contributed by atoms with Gasteiger partial charge in [0.15, 0.2) is 0 Å². The second kappa shape index (κ2) is 8.67. The third-order valence-electron chi connectivity index (χ3n) is 4.42. The molecule has 0 aromatic heterocycles.